The van der Waals surface area contributed by atoms with Crippen LogP contribution in [0, 0.1) is 0 Å². The van der Waals surface area contributed by atoms with Crippen LogP contribution in [0.4, 0.5) is 0 Å². The van der Waals surface area contributed by atoms with E-state index in [1.54, 1.807) is 38.1 Å². The fourth-order valence-corrected chi connectivity index (χ4v) is 3.60. The zero-order valence-corrected chi connectivity index (χ0v) is 14.8. The molecular formula is C18H18O4Se. The van der Waals surface area contributed by atoms with E-state index in [1.165, 1.54) is 0 Å². The van der Waals surface area contributed by atoms with Crippen LogP contribution in [0.3, 0.4) is 0 Å². The third-order valence-corrected chi connectivity index (χ3v) is 5.10. The van der Waals surface area contributed by atoms with Gasteiger partial charge in [0.05, 0.1) is 0 Å². The van der Waals surface area contributed by atoms with Crippen molar-refractivity contribution in [1.82, 2.24) is 0 Å². The molecule has 120 valence electrons. The van der Waals surface area contributed by atoms with Gasteiger partial charge in [-0.3, -0.25) is 0 Å². The molecule has 4 nitrogen and oxygen atoms in total. The van der Waals surface area contributed by atoms with Crippen molar-refractivity contribution in [2.45, 2.75) is 13.8 Å². The summed E-state index contributed by atoms with van der Waals surface area (Å²) in [6.07, 6.45) is 0. The summed E-state index contributed by atoms with van der Waals surface area (Å²) in [5.41, 5.74) is 1.12. The van der Waals surface area contributed by atoms with Crippen molar-refractivity contribution in [2.24, 2.45) is 0 Å². The first-order chi connectivity index (χ1) is 11.1. The Kier molecular flexibility index (Phi) is 6.39. The summed E-state index contributed by atoms with van der Waals surface area (Å²) in [6, 6.07) is 14.9. The zero-order chi connectivity index (χ0) is 16.7. The van der Waals surface area contributed by atoms with Gasteiger partial charge in [-0.15, -0.1) is 0 Å². The summed E-state index contributed by atoms with van der Waals surface area (Å²) in [7, 11) is 0. The van der Waals surface area contributed by atoms with E-state index in [2.05, 4.69) is 0 Å². The number of ether oxygens (including phenoxy) is 2. The molecule has 0 aliphatic carbocycles. The zero-order valence-electron chi connectivity index (χ0n) is 13.1. The first kappa shape index (κ1) is 17.3. The van der Waals surface area contributed by atoms with Crippen molar-refractivity contribution < 1.29 is 19.1 Å². The molecule has 2 rings (SSSR count). The second kappa shape index (κ2) is 8.51. The molecule has 2 aromatic carbocycles. The van der Waals surface area contributed by atoms with Gasteiger partial charge in [-0.25, -0.2) is 0 Å². The van der Waals surface area contributed by atoms with Crippen molar-refractivity contribution in [1.29, 1.82) is 0 Å². The molecule has 0 bridgehead atoms. The summed E-state index contributed by atoms with van der Waals surface area (Å²) in [5, 5.41) is 0. The third kappa shape index (κ3) is 4.95. The molecule has 0 heterocycles. The minimum absolute atomic E-state index is 0.111. The SMILES string of the molecule is CCOC(=O)c1ccc([Se]c2ccc(C(=O)OCC)cc2)cc1. The fourth-order valence-electron chi connectivity index (χ4n) is 1.88. The molecule has 0 aliphatic rings. The number of hydrogen-bond donors (Lipinski definition) is 0. The number of rotatable bonds is 6. The van der Waals surface area contributed by atoms with Gasteiger partial charge in [-0.05, 0) is 0 Å². The summed E-state index contributed by atoms with van der Waals surface area (Å²) >= 11 is 0.111. The Bertz CT molecular complexity index is 603. The van der Waals surface area contributed by atoms with Gasteiger partial charge in [0.1, 0.15) is 0 Å². The van der Waals surface area contributed by atoms with E-state index in [9.17, 15) is 9.59 Å². The third-order valence-electron chi connectivity index (χ3n) is 2.97. The van der Waals surface area contributed by atoms with E-state index in [-0.39, 0.29) is 26.9 Å². The number of benzene rings is 2. The van der Waals surface area contributed by atoms with Crippen molar-refractivity contribution in [2.75, 3.05) is 13.2 Å². The topological polar surface area (TPSA) is 52.6 Å². The van der Waals surface area contributed by atoms with E-state index >= 15 is 0 Å². The van der Waals surface area contributed by atoms with E-state index in [1.807, 2.05) is 24.3 Å². The maximum absolute atomic E-state index is 11.6. The van der Waals surface area contributed by atoms with Crippen LogP contribution in [0.1, 0.15) is 34.6 Å². The number of carbonyl (C=O) groups excluding carboxylic acids is 2. The molecule has 0 saturated heterocycles. The monoisotopic (exact) mass is 378 g/mol. The molecule has 0 radical (unpaired) electrons. The van der Waals surface area contributed by atoms with Crippen LogP contribution in [0.5, 0.6) is 0 Å². The molecule has 0 fully saturated rings. The van der Waals surface area contributed by atoms with Crippen molar-refractivity contribution in [3.05, 3.63) is 59.7 Å². The predicted molar refractivity (Wildman–Crippen MR) is 89.8 cm³/mol. The standard InChI is InChI=1S/C18H18O4Se/c1-3-21-17(19)13-5-9-15(10-6-13)23-16-11-7-14(8-12-16)18(20)22-4-2/h5-12H,3-4H2,1-2H3. The number of hydrogen-bond acceptors (Lipinski definition) is 4. The molecule has 0 saturated carbocycles. The van der Waals surface area contributed by atoms with Crippen LogP contribution in [0.2, 0.25) is 0 Å². The average Bonchev–Trinajstić information content (AvgIpc) is 2.56. The second-order valence-electron chi connectivity index (χ2n) is 4.59. The quantitative estimate of drug-likeness (QED) is 0.568. The van der Waals surface area contributed by atoms with E-state index < -0.39 is 0 Å². The van der Waals surface area contributed by atoms with Gasteiger partial charge in [0.15, 0.2) is 0 Å². The van der Waals surface area contributed by atoms with Gasteiger partial charge in [-0.1, -0.05) is 0 Å². The molecule has 0 unspecified atom stereocenters. The molecule has 0 atom stereocenters. The second-order valence-corrected chi connectivity index (χ2v) is 7.00. The molecule has 0 aromatic heterocycles. The Morgan fingerprint density at radius 3 is 1.39 bits per heavy atom. The molecule has 23 heavy (non-hydrogen) atoms. The van der Waals surface area contributed by atoms with Crippen LogP contribution in [-0.2, 0) is 9.47 Å². The molecule has 0 N–H and O–H groups in total. The Morgan fingerprint density at radius 1 is 0.739 bits per heavy atom. The summed E-state index contributed by atoms with van der Waals surface area (Å²) < 4.78 is 12.2. The van der Waals surface area contributed by atoms with Crippen molar-refractivity contribution in [3.8, 4) is 0 Å². The van der Waals surface area contributed by atoms with Gasteiger partial charge in [0.25, 0.3) is 0 Å². The normalized spacial score (nSPS) is 10.2. The number of carbonyl (C=O) groups is 2. The van der Waals surface area contributed by atoms with Crippen molar-refractivity contribution in [3.63, 3.8) is 0 Å². The Labute approximate surface area is 142 Å². The molecule has 5 heteroatoms. The first-order valence-electron chi connectivity index (χ1n) is 7.36. The molecule has 0 amide bonds. The van der Waals surface area contributed by atoms with Crippen LogP contribution in [0.15, 0.2) is 48.5 Å². The van der Waals surface area contributed by atoms with Crippen LogP contribution in [-0.4, -0.2) is 40.1 Å². The maximum atomic E-state index is 11.6. The summed E-state index contributed by atoms with van der Waals surface area (Å²) in [6.45, 7) is 4.32. The Balaban J connectivity index is 2.02. The number of esters is 2. The average molecular weight is 377 g/mol. The summed E-state index contributed by atoms with van der Waals surface area (Å²) in [5.74, 6) is -0.601. The predicted octanol–water partition coefficient (Wildman–Crippen LogP) is 1.69. The first-order valence-corrected chi connectivity index (χ1v) is 9.07. The van der Waals surface area contributed by atoms with E-state index in [4.69, 9.17) is 9.47 Å². The fraction of sp³-hybridized carbons (Fsp3) is 0.222. The van der Waals surface area contributed by atoms with E-state index in [0.717, 1.165) is 8.92 Å². The van der Waals surface area contributed by atoms with Gasteiger partial charge in [-0.2, -0.15) is 0 Å². The Morgan fingerprint density at radius 2 is 1.09 bits per heavy atom. The van der Waals surface area contributed by atoms with Gasteiger partial charge in [0.2, 0.25) is 0 Å². The Hall–Kier alpha value is -2.10. The van der Waals surface area contributed by atoms with Gasteiger partial charge >= 0.3 is 142 Å². The summed E-state index contributed by atoms with van der Waals surface area (Å²) in [4.78, 5) is 23.2. The molecule has 0 aliphatic heterocycles. The van der Waals surface area contributed by atoms with Crippen molar-refractivity contribution >= 4 is 35.8 Å². The van der Waals surface area contributed by atoms with Crippen LogP contribution >= 0.6 is 0 Å². The minimum atomic E-state index is -0.301. The molecule has 2 aromatic rings. The van der Waals surface area contributed by atoms with Gasteiger partial charge in [0, 0.05) is 0 Å². The van der Waals surface area contributed by atoms with Crippen LogP contribution < -0.4 is 8.92 Å². The van der Waals surface area contributed by atoms with E-state index in [0.29, 0.717) is 24.3 Å². The molecular weight excluding hydrogens is 359 g/mol. The molecule has 0 spiro atoms. The van der Waals surface area contributed by atoms with Crippen LogP contribution in [0.25, 0.3) is 0 Å². The van der Waals surface area contributed by atoms with Gasteiger partial charge < -0.3 is 0 Å².